The minimum absolute atomic E-state index is 0.00390. The van der Waals surface area contributed by atoms with Crippen molar-refractivity contribution in [1.29, 1.82) is 0 Å². The Bertz CT molecular complexity index is 1690. The lowest BCUT2D eigenvalue weighted by molar-refractivity contribution is -0.128. The van der Waals surface area contributed by atoms with Crippen LogP contribution in [0.4, 0.5) is 4.39 Å². The van der Waals surface area contributed by atoms with Crippen molar-refractivity contribution in [3.63, 3.8) is 0 Å². The van der Waals surface area contributed by atoms with Crippen molar-refractivity contribution in [2.45, 2.75) is 70.2 Å². The molecule has 4 aliphatic rings. The largest absolute Gasteiger partial charge is 0.341 e. The average Bonchev–Trinajstić information content (AvgIpc) is 3.75. The first-order valence-electron chi connectivity index (χ1n) is 17.4. The summed E-state index contributed by atoms with van der Waals surface area (Å²) in [5, 5.41) is 1.18. The maximum Gasteiger partial charge on any atom is 0.256 e. The Hall–Kier alpha value is -2.95. The number of hydrogen-bond acceptors (Lipinski definition) is 6. The van der Waals surface area contributed by atoms with Crippen molar-refractivity contribution in [1.82, 2.24) is 29.2 Å². The van der Waals surface area contributed by atoms with E-state index < -0.39 is 5.82 Å². The first-order valence-corrected chi connectivity index (χ1v) is 17.8. The highest BCUT2D eigenvalue weighted by Crippen LogP contribution is 2.44. The Morgan fingerprint density at radius 3 is 2.64 bits per heavy atom. The first kappa shape index (κ1) is 32.6. The van der Waals surface area contributed by atoms with Gasteiger partial charge in [-0.1, -0.05) is 0 Å². The zero-order valence-electron chi connectivity index (χ0n) is 28.5. The molecule has 1 aliphatic carbocycles. The lowest BCUT2D eigenvalue weighted by atomic mass is 9.79. The van der Waals surface area contributed by atoms with E-state index >= 15 is 0 Å². The second kappa shape index (κ2) is 12.5. The SMILES string of the molecule is CC(=O)N1CC2CN([C@H]3C[C@@H](CN4CC[C@@H](Cc5cn(-c6ccc(F)cc6C(=O)N(C)C(C)C)c6cncc(C)c56)C4)C3)C[C@@]2(S)C1. The molecule has 0 spiro atoms. The molecule has 8 nitrogen and oxygen atoms in total. The van der Waals surface area contributed by atoms with Crippen LogP contribution in [0.15, 0.2) is 36.8 Å². The van der Waals surface area contributed by atoms with Gasteiger partial charge in [0.15, 0.2) is 0 Å². The van der Waals surface area contributed by atoms with Crippen molar-refractivity contribution < 1.29 is 14.0 Å². The van der Waals surface area contributed by atoms with Crippen molar-refractivity contribution in [3.05, 3.63) is 59.3 Å². The van der Waals surface area contributed by atoms with Gasteiger partial charge < -0.3 is 19.3 Å². The topological polar surface area (TPSA) is 64.9 Å². The number of hydrogen-bond donors (Lipinski definition) is 1. The average molecular weight is 661 g/mol. The number of likely N-dealkylation sites (tertiary alicyclic amines) is 3. The highest BCUT2D eigenvalue weighted by atomic mass is 32.1. The summed E-state index contributed by atoms with van der Waals surface area (Å²) in [4.78, 5) is 38.8. The molecule has 5 heterocycles. The third-order valence-electron chi connectivity index (χ3n) is 11.7. The highest BCUT2D eigenvalue weighted by molar-refractivity contribution is 7.82. The van der Waals surface area contributed by atoms with Crippen LogP contribution in [0.2, 0.25) is 0 Å². The molecule has 0 radical (unpaired) electrons. The van der Waals surface area contributed by atoms with E-state index in [4.69, 9.17) is 12.6 Å². The number of fused-ring (bicyclic) bond motifs is 2. The van der Waals surface area contributed by atoms with Gasteiger partial charge in [0.2, 0.25) is 5.91 Å². The van der Waals surface area contributed by atoms with Crippen LogP contribution in [0.1, 0.15) is 61.5 Å². The fourth-order valence-corrected chi connectivity index (χ4v) is 9.28. The number of carbonyl (C=O) groups excluding carboxylic acids is 2. The number of amides is 2. The molecule has 3 saturated heterocycles. The molecule has 252 valence electrons. The van der Waals surface area contributed by atoms with Gasteiger partial charge in [0.1, 0.15) is 5.82 Å². The van der Waals surface area contributed by atoms with Crippen LogP contribution in [0.25, 0.3) is 16.6 Å². The molecule has 1 unspecified atom stereocenters. The molecule has 0 N–H and O–H groups in total. The van der Waals surface area contributed by atoms with Gasteiger partial charge in [0.05, 0.1) is 23.0 Å². The lowest BCUT2D eigenvalue weighted by Gasteiger charge is -2.43. The molecule has 0 bridgehead atoms. The summed E-state index contributed by atoms with van der Waals surface area (Å²) < 4.78 is 16.5. The Labute approximate surface area is 283 Å². The molecule has 47 heavy (non-hydrogen) atoms. The van der Waals surface area contributed by atoms with Gasteiger partial charge in [0.25, 0.3) is 5.91 Å². The van der Waals surface area contributed by atoms with E-state index in [-0.39, 0.29) is 22.6 Å². The number of halogens is 1. The van der Waals surface area contributed by atoms with Gasteiger partial charge in [-0.05, 0) is 94.2 Å². The van der Waals surface area contributed by atoms with Crippen molar-refractivity contribution in [3.8, 4) is 5.69 Å². The Morgan fingerprint density at radius 2 is 1.91 bits per heavy atom. The van der Waals surface area contributed by atoms with Crippen LogP contribution in [0.3, 0.4) is 0 Å². The van der Waals surface area contributed by atoms with Gasteiger partial charge in [-0.25, -0.2) is 4.39 Å². The zero-order chi connectivity index (χ0) is 33.2. The Morgan fingerprint density at radius 1 is 1.13 bits per heavy atom. The van der Waals surface area contributed by atoms with Gasteiger partial charge in [-0.2, -0.15) is 12.6 Å². The number of nitrogens with zero attached hydrogens (tertiary/aromatic N) is 6. The second-order valence-electron chi connectivity index (χ2n) is 15.3. The molecule has 2 amide bonds. The van der Waals surface area contributed by atoms with E-state index in [9.17, 15) is 14.0 Å². The third kappa shape index (κ3) is 6.10. The minimum Gasteiger partial charge on any atom is -0.341 e. The van der Waals surface area contributed by atoms with Gasteiger partial charge >= 0.3 is 0 Å². The zero-order valence-corrected chi connectivity index (χ0v) is 29.3. The van der Waals surface area contributed by atoms with Gasteiger partial charge in [-0.3, -0.25) is 19.5 Å². The van der Waals surface area contributed by atoms with Crippen molar-refractivity contribution in [2.24, 2.45) is 17.8 Å². The quantitative estimate of drug-likeness (QED) is 0.343. The molecular formula is C37H49FN6O2S. The number of benzene rings is 1. The summed E-state index contributed by atoms with van der Waals surface area (Å²) in [7, 11) is 1.76. The van der Waals surface area contributed by atoms with E-state index in [1.807, 2.05) is 35.7 Å². The summed E-state index contributed by atoms with van der Waals surface area (Å²) in [6.45, 7) is 14.8. The highest BCUT2D eigenvalue weighted by Gasteiger charge is 2.53. The lowest BCUT2D eigenvalue weighted by Crippen LogP contribution is -2.49. The minimum atomic E-state index is -0.418. The smallest absolute Gasteiger partial charge is 0.256 e. The number of pyridine rings is 1. The molecular weight excluding hydrogens is 612 g/mol. The van der Waals surface area contributed by atoms with Crippen LogP contribution >= 0.6 is 12.6 Å². The fourth-order valence-electron chi connectivity index (χ4n) is 8.76. The molecule has 1 saturated carbocycles. The van der Waals surface area contributed by atoms with Crippen LogP contribution < -0.4 is 0 Å². The standard InChI is InChI=1S/C37H49FN6O2S/c1-23(2)40(5)36(46)32-13-30(38)6-7-33(32)44-18-28(35-24(3)14-39-15-34(35)44)10-26-8-9-41(16-26)17-27-11-31(12-27)43-20-29-19-42(25(4)45)21-37(29,47)22-43/h6-7,13-15,18,23,26-27,29,31,47H,8-12,16-17,19-22H2,1-5H3/t26-,27-,29?,31+,37-/m0/s1. The number of aromatic nitrogens is 2. The number of thiol groups is 1. The monoisotopic (exact) mass is 660 g/mol. The van der Waals surface area contributed by atoms with Gasteiger partial charge in [0, 0.05) is 93.8 Å². The first-order chi connectivity index (χ1) is 22.4. The van der Waals surface area contributed by atoms with Gasteiger partial charge in [-0.15, -0.1) is 0 Å². The molecule has 3 aliphatic heterocycles. The molecule has 1 aromatic carbocycles. The third-order valence-corrected chi connectivity index (χ3v) is 12.3. The van der Waals surface area contributed by atoms with Crippen molar-refractivity contribution in [2.75, 3.05) is 52.9 Å². The van der Waals surface area contributed by atoms with Crippen molar-refractivity contribution >= 4 is 35.3 Å². The van der Waals surface area contributed by atoms with E-state index in [0.29, 0.717) is 29.1 Å². The summed E-state index contributed by atoms with van der Waals surface area (Å²) >= 11 is 5.08. The summed E-state index contributed by atoms with van der Waals surface area (Å²) in [5.41, 5.74) is 4.37. The number of rotatable bonds is 8. The summed E-state index contributed by atoms with van der Waals surface area (Å²) in [6, 6.07) is 5.17. The number of carbonyl (C=O) groups is 2. The second-order valence-corrected chi connectivity index (χ2v) is 16.2. The van der Waals surface area contributed by atoms with Crippen LogP contribution in [0.5, 0.6) is 0 Å². The molecule has 3 atom stereocenters. The van der Waals surface area contributed by atoms with E-state index in [0.717, 1.165) is 62.7 Å². The van der Waals surface area contributed by atoms with Crippen LogP contribution in [0, 0.1) is 30.5 Å². The predicted octanol–water partition coefficient (Wildman–Crippen LogP) is 5.06. The molecule has 7 rings (SSSR count). The Kier molecular flexibility index (Phi) is 8.66. The van der Waals surface area contributed by atoms with Crippen LogP contribution in [-0.4, -0.2) is 111 Å². The van der Waals surface area contributed by atoms with E-state index in [2.05, 4.69) is 27.9 Å². The molecule has 4 fully saturated rings. The fraction of sp³-hybridized carbons (Fsp3) is 0.595. The predicted molar refractivity (Wildman–Crippen MR) is 187 cm³/mol. The van der Waals surface area contributed by atoms with Crippen LogP contribution in [-0.2, 0) is 11.2 Å². The normalized spacial score (nSPS) is 28.0. The molecule has 10 heteroatoms. The van der Waals surface area contributed by atoms with E-state index in [1.165, 1.54) is 48.9 Å². The Balaban J connectivity index is 1.00. The summed E-state index contributed by atoms with van der Waals surface area (Å²) in [5.74, 6) is 1.35. The maximum atomic E-state index is 14.5. The number of aryl methyl sites for hydroxylation is 1. The molecule has 2 aromatic heterocycles. The molecule has 3 aromatic rings. The van der Waals surface area contributed by atoms with E-state index in [1.54, 1.807) is 24.9 Å². The maximum absolute atomic E-state index is 14.5. The summed E-state index contributed by atoms with van der Waals surface area (Å²) in [6.07, 6.45) is 10.6.